The summed E-state index contributed by atoms with van der Waals surface area (Å²) in [6, 6.07) is -1.07. The summed E-state index contributed by atoms with van der Waals surface area (Å²) in [4.78, 5) is 48.8. The summed E-state index contributed by atoms with van der Waals surface area (Å²) in [5.41, 5.74) is -3.16. The maximum absolute atomic E-state index is 13.5. The molecule has 208 valence electrons. The van der Waals surface area contributed by atoms with Gasteiger partial charge in [-0.15, -0.1) is 0 Å². The van der Waals surface area contributed by atoms with Gasteiger partial charge in [-0.25, -0.2) is 14.8 Å². The lowest BCUT2D eigenvalue weighted by atomic mass is 9.79. The number of hydrogen-bond donors (Lipinski definition) is 1. The maximum Gasteiger partial charge on any atom is 0.410 e. The van der Waals surface area contributed by atoms with Crippen molar-refractivity contribution in [2.75, 3.05) is 19.6 Å². The number of carbonyl (C=O) groups is 3. The van der Waals surface area contributed by atoms with E-state index in [1.165, 1.54) is 6.92 Å². The summed E-state index contributed by atoms with van der Waals surface area (Å²) in [5.74, 6) is -1.81. The zero-order valence-corrected chi connectivity index (χ0v) is 22.8. The predicted molar refractivity (Wildman–Crippen MR) is 129 cm³/mol. The van der Waals surface area contributed by atoms with Gasteiger partial charge in [0.15, 0.2) is 0 Å². The molecule has 0 radical (unpaired) electrons. The van der Waals surface area contributed by atoms with Crippen molar-refractivity contribution >= 4 is 29.6 Å². The summed E-state index contributed by atoms with van der Waals surface area (Å²) in [6.07, 6.45) is -5.80. The van der Waals surface area contributed by atoms with Gasteiger partial charge in [0.1, 0.15) is 16.6 Å². The van der Waals surface area contributed by atoms with Crippen molar-refractivity contribution in [3.05, 3.63) is 22.7 Å². The van der Waals surface area contributed by atoms with Crippen LogP contribution in [0.3, 0.4) is 0 Å². The topological polar surface area (TPSA) is 113 Å². The van der Waals surface area contributed by atoms with Crippen LogP contribution in [0.15, 0.2) is 6.20 Å². The number of alkyl halides is 3. The fourth-order valence-corrected chi connectivity index (χ4v) is 4.15. The van der Waals surface area contributed by atoms with Crippen LogP contribution < -0.4 is 0 Å². The Kier molecular flexibility index (Phi) is 8.78. The van der Waals surface area contributed by atoms with Gasteiger partial charge in [-0.3, -0.25) is 9.59 Å². The highest BCUT2D eigenvalue weighted by molar-refractivity contribution is 6.32. The highest BCUT2D eigenvalue weighted by Gasteiger charge is 2.47. The molecule has 0 bridgehead atoms. The molecule has 1 aromatic rings. The van der Waals surface area contributed by atoms with E-state index in [2.05, 4.69) is 9.97 Å². The Balaban J connectivity index is 2.51. The average Bonchev–Trinajstić information content (AvgIpc) is 2.70. The molecule has 1 saturated heterocycles. The van der Waals surface area contributed by atoms with Crippen LogP contribution in [0.1, 0.15) is 77.5 Å². The Morgan fingerprint density at radius 2 is 1.81 bits per heavy atom. The van der Waals surface area contributed by atoms with Gasteiger partial charge in [-0.05, 0) is 34.1 Å². The quantitative estimate of drug-likeness (QED) is 0.517. The second kappa shape index (κ2) is 10.6. The van der Waals surface area contributed by atoms with Crippen LogP contribution >= 0.6 is 11.6 Å². The highest BCUT2D eigenvalue weighted by Crippen LogP contribution is 2.35. The number of halogens is 4. The molecule has 2 heterocycles. The SMILES string of the molecule is CC(C)(C)OC(=O)N1C[C@@H](N(CCC(F)(F)F)C(=O)c2cnc(C(C)(C)C)nc2Cl)C[C@@](C)(C(=O)O)C1. The number of amides is 2. The lowest BCUT2D eigenvalue weighted by molar-refractivity contribution is -0.154. The summed E-state index contributed by atoms with van der Waals surface area (Å²) in [7, 11) is 0. The van der Waals surface area contributed by atoms with Crippen LogP contribution in [0.25, 0.3) is 0 Å². The number of aliphatic carboxylic acids is 1. The fourth-order valence-electron chi connectivity index (χ4n) is 3.94. The minimum Gasteiger partial charge on any atom is -0.481 e. The Morgan fingerprint density at radius 1 is 1.22 bits per heavy atom. The molecule has 1 aromatic heterocycles. The molecule has 1 aliphatic rings. The minimum atomic E-state index is -4.59. The molecule has 1 aliphatic heterocycles. The Morgan fingerprint density at radius 3 is 2.27 bits per heavy atom. The van der Waals surface area contributed by atoms with Crippen molar-refractivity contribution in [1.29, 1.82) is 0 Å². The minimum absolute atomic E-state index is 0.191. The average molecular weight is 551 g/mol. The number of rotatable bonds is 5. The standard InChI is InChI=1S/C24H34ClF3N4O5/c1-21(2,3)18-29-11-15(16(25)30-18)17(33)32(9-8-24(26,27)28)14-10-23(7,19(34)35)13-31(12-14)20(36)37-22(4,5)6/h11,14H,8-10,12-13H2,1-7H3,(H,34,35)/t14-,23+/m0/s1. The molecule has 0 unspecified atom stereocenters. The van der Waals surface area contributed by atoms with Crippen molar-refractivity contribution in [3.63, 3.8) is 0 Å². The van der Waals surface area contributed by atoms with Crippen LogP contribution in [-0.4, -0.2) is 80.3 Å². The summed E-state index contributed by atoms with van der Waals surface area (Å²) in [5, 5.41) is 9.66. The molecule has 2 rings (SSSR count). The fraction of sp³-hybridized carbons (Fsp3) is 0.708. The molecule has 1 N–H and O–H groups in total. The highest BCUT2D eigenvalue weighted by atomic mass is 35.5. The molecule has 0 aliphatic carbocycles. The second-order valence-electron chi connectivity index (χ2n) is 11.6. The van der Waals surface area contributed by atoms with E-state index in [-0.39, 0.29) is 30.2 Å². The summed E-state index contributed by atoms with van der Waals surface area (Å²) in [6.45, 7) is 10.5. The molecule has 0 aromatic carbocycles. The monoisotopic (exact) mass is 550 g/mol. The zero-order valence-electron chi connectivity index (χ0n) is 22.1. The Hall–Kier alpha value is -2.63. The van der Waals surface area contributed by atoms with Crippen LogP contribution in [0.5, 0.6) is 0 Å². The van der Waals surface area contributed by atoms with Crippen molar-refractivity contribution in [1.82, 2.24) is 19.8 Å². The molecule has 0 spiro atoms. The molecule has 37 heavy (non-hydrogen) atoms. The van der Waals surface area contributed by atoms with Gasteiger partial charge >= 0.3 is 18.2 Å². The van der Waals surface area contributed by atoms with Crippen molar-refractivity contribution < 1.29 is 37.4 Å². The number of carboxylic acids is 1. The molecule has 9 nitrogen and oxygen atoms in total. The van der Waals surface area contributed by atoms with Crippen LogP contribution in [0, 0.1) is 5.41 Å². The number of likely N-dealkylation sites (tertiary alicyclic amines) is 1. The van der Waals surface area contributed by atoms with Crippen molar-refractivity contribution in [2.24, 2.45) is 5.41 Å². The van der Waals surface area contributed by atoms with Crippen LogP contribution in [-0.2, 0) is 14.9 Å². The van der Waals surface area contributed by atoms with Gasteiger partial charge in [-0.2, -0.15) is 13.2 Å². The van der Waals surface area contributed by atoms with E-state index in [4.69, 9.17) is 16.3 Å². The van der Waals surface area contributed by atoms with E-state index in [0.29, 0.717) is 5.82 Å². The Labute approximate surface area is 219 Å². The Bertz CT molecular complexity index is 1040. The maximum atomic E-state index is 13.5. The van der Waals surface area contributed by atoms with E-state index in [0.717, 1.165) is 16.0 Å². The normalized spacial score (nSPS) is 20.9. The zero-order chi connectivity index (χ0) is 28.6. The smallest absolute Gasteiger partial charge is 0.410 e. The van der Waals surface area contributed by atoms with E-state index < -0.39 is 59.6 Å². The van der Waals surface area contributed by atoms with Gasteiger partial charge in [0.2, 0.25) is 0 Å². The third kappa shape index (κ3) is 8.18. The van der Waals surface area contributed by atoms with E-state index in [9.17, 15) is 32.7 Å². The molecular formula is C24H34ClF3N4O5. The van der Waals surface area contributed by atoms with Crippen molar-refractivity contribution in [3.8, 4) is 0 Å². The van der Waals surface area contributed by atoms with Gasteiger partial charge in [0.05, 0.1) is 23.4 Å². The number of nitrogens with zero attached hydrogens (tertiary/aromatic N) is 4. The van der Waals surface area contributed by atoms with Gasteiger partial charge in [0, 0.05) is 31.2 Å². The summed E-state index contributed by atoms with van der Waals surface area (Å²) < 4.78 is 45.0. The third-order valence-electron chi connectivity index (χ3n) is 5.81. The number of carbonyl (C=O) groups excluding carboxylic acids is 2. The van der Waals surface area contributed by atoms with E-state index >= 15 is 0 Å². The second-order valence-corrected chi connectivity index (χ2v) is 12.0. The number of carboxylic acid groups (broad SMARTS) is 1. The largest absolute Gasteiger partial charge is 0.481 e. The number of ether oxygens (including phenoxy) is 1. The molecule has 2 amide bonds. The van der Waals surface area contributed by atoms with Gasteiger partial charge in [0.25, 0.3) is 5.91 Å². The molecular weight excluding hydrogens is 517 g/mol. The predicted octanol–water partition coefficient (Wildman–Crippen LogP) is 4.92. The van der Waals surface area contributed by atoms with E-state index in [1.807, 2.05) is 20.8 Å². The lowest BCUT2D eigenvalue weighted by Gasteiger charge is -2.45. The molecule has 13 heteroatoms. The third-order valence-corrected chi connectivity index (χ3v) is 6.09. The van der Waals surface area contributed by atoms with Gasteiger partial charge in [-0.1, -0.05) is 32.4 Å². The van der Waals surface area contributed by atoms with Crippen LogP contribution in [0.2, 0.25) is 5.15 Å². The number of piperidine rings is 1. The summed E-state index contributed by atoms with van der Waals surface area (Å²) >= 11 is 6.26. The van der Waals surface area contributed by atoms with Crippen molar-refractivity contribution in [2.45, 2.75) is 84.5 Å². The van der Waals surface area contributed by atoms with Gasteiger partial charge < -0.3 is 19.6 Å². The number of aromatic nitrogens is 2. The first kappa shape index (κ1) is 30.6. The molecule has 1 fully saturated rings. The lowest BCUT2D eigenvalue weighted by Crippen LogP contribution is -2.60. The number of hydrogen-bond acceptors (Lipinski definition) is 6. The first-order chi connectivity index (χ1) is 16.6. The first-order valence-electron chi connectivity index (χ1n) is 11.7. The van der Waals surface area contributed by atoms with E-state index in [1.54, 1.807) is 20.8 Å². The van der Waals surface area contributed by atoms with Crippen LogP contribution in [0.4, 0.5) is 18.0 Å². The molecule has 0 saturated carbocycles. The first-order valence-corrected chi connectivity index (χ1v) is 12.1. The molecule has 2 atom stereocenters.